The second-order valence-corrected chi connectivity index (χ2v) is 8.44. The number of anilines is 2. The number of carbonyl (C=O) groups is 1. The molecule has 164 valence electrons. The van der Waals surface area contributed by atoms with Crippen LogP contribution in [0.25, 0.3) is 11.3 Å². The number of halogens is 1. The zero-order valence-electron chi connectivity index (χ0n) is 17.3. The minimum absolute atomic E-state index is 0.147. The van der Waals surface area contributed by atoms with Crippen molar-refractivity contribution < 1.29 is 9.90 Å². The van der Waals surface area contributed by atoms with Crippen molar-refractivity contribution in [1.29, 1.82) is 5.26 Å². The summed E-state index contributed by atoms with van der Waals surface area (Å²) in [5.41, 5.74) is 7.92. The molecule has 0 aliphatic heterocycles. The van der Waals surface area contributed by atoms with Gasteiger partial charge in [-0.15, -0.1) is 0 Å². The molecular formula is C22H22ClN7O2. The molecule has 9 nitrogen and oxygen atoms in total. The van der Waals surface area contributed by atoms with E-state index >= 15 is 0 Å². The minimum atomic E-state index is -0.995. The van der Waals surface area contributed by atoms with Gasteiger partial charge < -0.3 is 16.2 Å². The molecule has 4 rings (SSSR count). The van der Waals surface area contributed by atoms with E-state index in [1.54, 1.807) is 18.3 Å². The molecule has 0 amide bonds. The van der Waals surface area contributed by atoms with Gasteiger partial charge in [0.05, 0.1) is 52.5 Å². The van der Waals surface area contributed by atoms with Crippen LogP contribution in [-0.4, -0.2) is 36.9 Å². The molecule has 4 atom stereocenters. The molecule has 0 saturated heterocycles. The van der Waals surface area contributed by atoms with Gasteiger partial charge in [-0.1, -0.05) is 30.7 Å². The van der Waals surface area contributed by atoms with Crippen LogP contribution in [0.3, 0.4) is 0 Å². The largest absolute Gasteiger partial charge is 0.478 e. The van der Waals surface area contributed by atoms with E-state index in [0.717, 1.165) is 18.5 Å². The van der Waals surface area contributed by atoms with Gasteiger partial charge in [-0.25, -0.2) is 14.8 Å². The third-order valence-electron chi connectivity index (χ3n) is 5.67. The minimum Gasteiger partial charge on any atom is -0.478 e. The van der Waals surface area contributed by atoms with Gasteiger partial charge in [-0.2, -0.15) is 10.4 Å². The number of nitriles is 1. The molecule has 3 unspecified atom stereocenters. The Morgan fingerprint density at radius 2 is 2.16 bits per heavy atom. The molecule has 3 aromatic rings. The van der Waals surface area contributed by atoms with E-state index < -0.39 is 12.0 Å². The number of hydrogen-bond donors (Lipinski definition) is 3. The van der Waals surface area contributed by atoms with Crippen LogP contribution in [0.2, 0.25) is 5.02 Å². The molecule has 0 bridgehead atoms. The topological polar surface area (TPSA) is 143 Å². The smallest absolute Gasteiger partial charge is 0.335 e. The summed E-state index contributed by atoms with van der Waals surface area (Å²) in [7, 11) is 0. The number of aromatic carboxylic acids is 1. The number of carboxylic acids is 1. The number of carboxylic acid groups (broad SMARTS) is 1. The lowest BCUT2D eigenvalue weighted by Crippen LogP contribution is -2.26. The van der Waals surface area contributed by atoms with Gasteiger partial charge in [0, 0.05) is 11.8 Å². The van der Waals surface area contributed by atoms with E-state index in [-0.39, 0.29) is 11.5 Å². The van der Waals surface area contributed by atoms with E-state index in [2.05, 4.69) is 26.5 Å². The van der Waals surface area contributed by atoms with Crippen molar-refractivity contribution in [3.8, 4) is 17.3 Å². The first kappa shape index (κ1) is 21.7. The highest BCUT2D eigenvalue weighted by molar-refractivity contribution is 6.32. The molecule has 1 fully saturated rings. The molecule has 10 heteroatoms. The Bertz CT molecular complexity index is 1170. The van der Waals surface area contributed by atoms with Crippen LogP contribution in [0, 0.1) is 23.2 Å². The monoisotopic (exact) mass is 451 g/mol. The zero-order chi connectivity index (χ0) is 22.8. The third kappa shape index (κ3) is 4.72. The zero-order valence-corrected chi connectivity index (χ0v) is 18.1. The predicted molar refractivity (Wildman–Crippen MR) is 119 cm³/mol. The summed E-state index contributed by atoms with van der Waals surface area (Å²) >= 11 is 6.27. The predicted octanol–water partition coefficient (Wildman–Crippen LogP) is 3.87. The first-order valence-electron chi connectivity index (χ1n) is 10.2. The first-order chi connectivity index (χ1) is 15.4. The van der Waals surface area contributed by atoms with Gasteiger partial charge >= 0.3 is 5.97 Å². The maximum atomic E-state index is 11.1. The number of aromatic nitrogens is 4. The number of nitrogens with two attached hydrogens (primary N) is 1. The molecule has 0 spiro atoms. The van der Waals surface area contributed by atoms with E-state index in [4.69, 9.17) is 27.7 Å². The lowest BCUT2D eigenvalue weighted by molar-refractivity contribution is 0.0697. The lowest BCUT2D eigenvalue weighted by atomic mass is 9.97. The lowest BCUT2D eigenvalue weighted by Gasteiger charge is -2.12. The molecule has 0 radical (unpaired) electrons. The Morgan fingerprint density at radius 1 is 1.41 bits per heavy atom. The first-order valence-corrected chi connectivity index (χ1v) is 10.6. The van der Waals surface area contributed by atoms with Gasteiger partial charge in [0.2, 0.25) is 5.95 Å². The molecule has 2 aromatic heterocycles. The maximum Gasteiger partial charge on any atom is 0.335 e. The second-order valence-electron chi connectivity index (χ2n) is 8.04. The van der Waals surface area contributed by atoms with Gasteiger partial charge in [-0.05, 0) is 36.8 Å². The van der Waals surface area contributed by atoms with Crippen molar-refractivity contribution in [3.63, 3.8) is 0 Å². The van der Waals surface area contributed by atoms with Crippen LogP contribution in [0.15, 0.2) is 42.9 Å². The van der Waals surface area contributed by atoms with Crippen molar-refractivity contribution >= 4 is 29.2 Å². The highest BCUT2D eigenvalue weighted by Gasteiger charge is 2.40. The molecule has 1 aromatic carbocycles. The fourth-order valence-corrected chi connectivity index (χ4v) is 3.87. The summed E-state index contributed by atoms with van der Waals surface area (Å²) in [6.45, 7) is 2.00. The van der Waals surface area contributed by atoms with Crippen molar-refractivity contribution in [1.82, 2.24) is 19.7 Å². The Kier molecular flexibility index (Phi) is 6.08. The van der Waals surface area contributed by atoms with Crippen LogP contribution < -0.4 is 11.1 Å². The van der Waals surface area contributed by atoms with Crippen molar-refractivity contribution in [2.45, 2.75) is 31.8 Å². The third-order valence-corrected chi connectivity index (χ3v) is 5.95. The van der Waals surface area contributed by atoms with Crippen molar-refractivity contribution in [2.75, 3.05) is 5.32 Å². The highest BCUT2D eigenvalue weighted by Crippen LogP contribution is 2.47. The summed E-state index contributed by atoms with van der Waals surface area (Å²) in [4.78, 5) is 19.8. The Morgan fingerprint density at radius 3 is 2.84 bits per heavy atom. The summed E-state index contributed by atoms with van der Waals surface area (Å²) in [5.74, 6) is -0.0323. The van der Waals surface area contributed by atoms with E-state index in [0.29, 0.717) is 34.2 Å². The Labute approximate surface area is 189 Å². The van der Waals surface area contributed by atoms with Gasteiger partial charge in [-0.3, -0.25) is 4.68 Å². The number of benzene rings is 1. The van der Waals surface area contributed by atoms with Crippen molar-refractivity contribution in [3.05, 3.63) is 53.4 Å². The molecule has 2 heterocycles. The highest BCUT2D eigenvalue weighted by atomic mass is 35.5. The number of rotatable bonds is 8. The van der Waals surface area contributed by atoms with Crippen LogP contribution in [0.1, 0.15) is 36.2 Å². The molecule has 1 aliphatic rings. The SMILES string of the molecule is CC(CC1CC1n1cc(Nc2ncc(Cl)c(-c3ccc(C(=O)O)cc3)n2)cn1)[C@H](N)C#N. The molecule has 32 heavy (non-hydrogen) atoms. The van der Waals surface area contributed by atoms with Gasteiger partial charge in [0.15, 0.2) is 0 Å². The van der Waals surface area contributed by atoms with Crippen molar-refractivity contribution in [2.24, 2.45) is 17.6 Å². The molecule has 4 N–H and O–H groups in total. The maximum absolute atomic E-state index is 11.1. The number of nitrogens with zero attached hydrogens (tertiary/aromatic N) is 5. The fraction of sp³-hybridized carbons (Fsp3) is 0.318. The van der Waals surface area contributed by atoms with Gasteiger partial charge in [0.25, 0.3) is 0 Å². The Balaban J connectivity index is 1.44. The van der Waals surface area contributed by atoms with Crippen LogP contribution in [-0.2, 0) is 0 Å². The van der Waals surface area contributed by atoms with E-state index in [1.165, 1.54) is 18.3 Å². The summed E-state index contributed by atoms with van der Waals surface area (Å²) in [6, 6.07) is 8.29. The fourth-order valence-electron chi connectivity index (χ4n) is 3.67. The molecular weight excluding hydrogens is 430 g/mol. The number of hydrogen-bond acceptors (Lipinski definition) is 7. The normalized spacial score (nSPS) is 19.1. The summed E-state index contributed by atoms with van der Waals surface area (Å²) in [6.07, 6.45) is 7.01. The summed E-state index contributed by atoms with van der Waals surface area (Å²) < 4.78 is 1.92. The average Bonchev–Trinajstić information content (AvgIpc) is 3.40. The standard InChI is InChI=1S/C22H22ClN7O2/c1-12(18(25)8-24)6-15-7-19(15)30-11-16(9-27-30)28-22-26-10-17(23)20(29-22)13-2-4-14(5-3-13)21(31)32/h2-5,9-12,15,18-19H,6-7,25H2,1H3,(H,31,32)(H,26,28,29)/t12?,15?,18-,19?/m1/s1. The average molecular weight is 452 g/mol. The van der Waals surface area contributed by atoms with E-state index in [9.17, 15) is 4.79 Å². The number of nitrogens with one attached hydrogen (secondary N) is 1. The van der Waals surface area contributed by atoms with Crippen LogP contribution in [0.4, 0.5) is 11.6 Å². The molecule has 1 saturated carbocycles. The molecule has 1 aliphatic carbocycles. The Hall–Kier alpha value is -3.48. The summed E-state index contributed by atoms with van der Waals surface area (Å²) in [5, 5.41) is 26.0. The second kappa shape index (κ2) is 8.94. The van der Waals surface area contributed by atoms with E-state index in [1.807, 2.05) is 17.8 Å². The quantitative estimate of drug-likeness (QED) is 0.468. The van der Waals surface area contributed by atoms with Gasteiger partial charge in [0.1, 0.15) is 0 Å². The van der Waals surface area contributed by atoms with Crippen LogP contribution in [0.5, 0.6) is 0 Å². The van der Waals surface area contributed by atoms with Crippen LogP contribution >= 0.6 is 11.6 Å².